The van der Waals surface area contributed by atoms with Gasteiger partial charge >= 0.3 is 0 Å². The maximum Gasteiger partial charge on any atom is 0.257 e. The van der Waals surface area contributed by atoms with Crippen molar-refractivity contribution in [3.63, 3.8) is 0 Å². The minimum absolute atomic E-state index is 0.0849. The zero-order valence-electron chi connectivity index (χ0n) is 14.2. The molecule has 0 N–H and O–H groups in total. The highest BCUT2D eigenvalue weighted by Gasteiger charge is 2.19. The van der Waals surface area contributed by atoms with E-state index in [-0.39, 0.29) is 5.91 Å². The monoisotopic (exact) mass is 323 g/mol. The number of nitrogens with zero attached hydrogens (tertiary/aromatic N) is 1. The molecule has 0 bridgehead atoms. The predicted molar refractivity (Wildman–Crippen MR) is 94.4 cm³/mol. The molecule has 0 saturated carbocycles. The number of carbonyl (C=O) groups excluding carboxylic acids is 1. The number of amides is 1. The van der Waals surface area contributed by atoms with Crippen molar-refractivity contribution < 1.29 is 13.9 Å². The van der Waals surface area contributed by atoms with E-state index in [1.54, 1.807) is 11.9 Å². The summed E-state index contributed by atoms with van der Waals surface area (Å²) in [6, 6.07) is 15.6. The van der Waals surface area contributed by atoms with Gasteiger partial charge in [0.1, 0.15) is 17.3 Å². The van der Waals surface area contributed by atoms with Crippen LogP contribution in [0.15, 0.2) is 52.9 Å². The van der Waals surface area contributed by atoms with Gasteiger partial charge in [-0.2, -0.15) is 0 Å². The van der Waals surface area contributed by atoms with E-state index in [1.807, 2.05) is 62.4 Å². The average Bonchev–Trinajstić information content (AvgIpc) is 2.98. The van der Waals surface area contributed by atoms with Gasteiger partial charge in [0.2, 0.25) is 0 Å². The number of hydrogen-bond donors (Lipinski definition) is 0. The fraction of sp³-hybridized carbons (Fsp3) is 0.250. The average molecular weight is 323 g/mol. The van der Waals surface area contributed by atoms with Crippen LogP contribution in [0.4, 0.5) is 0 Å². The number of rotatable bonds is 5. The molecule has 24 heavy (non-hydrogen) atoms. The Hall–Kier alpha value is -2.75. The summed E-state index contributed by atoms with van der Waals surface area (Å²) in [5, 5.41) is 2.08. The highest BCUT2D eigenvalue weighted by Crippen LogP contribution is 2.27. The van der Waals surface area contributed by atoms with Gasteiger partial charge in [0.25, 0.3) is 5.91 Å². The highest BCUT2D eigenvalue weighted by molar-refractivity contribution is 6.01. The molecule has 0 radical (unpaired) electrons. The normalized spacial score (nSPS) is 10.8. The van der Waals surface area contributed by atoms with Crippen molar-refractivity contribution in [3.8, 4) is 5.75 Å². The largest absolute Gasteiger partial charge is 0.493 e. The third-order valence-electron chi connectivity index (χ3n) is 3.91. The first-order valence-electron chi connectivity index (χ1n) is 8.05. The van der Waals surface area contributed by atoms with Gasteiger partial charge in [0.15, 0.2) is 0 Å². The minimum atomic E-state index is -0.0849. The van der Waals surface area contributed by atoms with E-state index in [2.05, 4.69) is 0 Å². The topological polar surface area (TPSA) is 42.7 Å². The van der Waals surface area contributed by atoms with Gasteiger partial charge in [0.05, 0.1) is 18.7 Å². The maximum absolute atomic E-state index is 12.9. The van der Waals surface area contributed by atoms with Crippen molar-refractivity contribution in [2.75, 3.05) is 13.7 Å². The van der Waals surface area contributed by atoms with Crippen LogP contribution in [0.5, 0.6) is 5.75 Å². The summed E-state index contributed by atoms with van der Waals surface area (Å²) < 4.78 is 11.3. The number of ether oxygens (including phenoxy) is 1. The Morgan fingerprint density at radius 3 is 2.46 bits per heavy atom. The summed E-state index contributed by atoms with van der Waals surface area (Å²) >= 11 is 0. The highest BCUT2D eigenvalue weighted by atomic mass is 16.5. The van der Waals surface area contributed by atoms with Gasteiger partial charge in [-0.3, -0.25) is 4.79 Å². The lowest BCUT2D eigenvalue weighted by atomic mass is 10.0. The first kappa shape index (κ1) is 16.1. The SMILES string of the molecule is CCOc1cc2ccccc2cc1C(=O)N(C)Cc1ccc(C)o1. The zero-order chi connectivity index (χ0) is 17.1. The van der Waals surface area contributed by atoms with Crippen molar-refractivity contribution in [3.05, 3.63) is 65.6 Å². The molecule has 0 saturated heterocycles. The molecule has 0 aliphatic rings. The second-order valence-electron chi connectivity index (χ2n) is 5.80. The zero-order valence-corrected chi connectivity index (χ0v) is 14.2. The predicted octanol–water partition coefficient (Wildman–Crippen LogP) is 4.41. The van der Waals surface area contributed by atoms with Crippen LogP contribution in [0.1, 0.15) is 28.8 Å². The van der Waals surface area contributed by atoms with Gasteiger partial charge in [-0.1, -0.05) is 24.3 Å². The maximum atomic E-state index is 12.9. The lowest BCUT2D eigenvalue weighted by molar-refractivity contribution is 0.0771. The van der Waals surface area contributed by atoms with Gasteiger partial charge in [0, 0.05) is 7.05 Å². The molecule has 124 valence electrons. The van der Waals surface area contributed by atoms with E-state index in [9.17, 15) is 4.79 Å². The molecule has 0 aliphatic heterocycles. The van der Waals surface area contributed by atoms with Crippen molar-refractivity contribution in [2.45, 2.75) is 20.4 Å². The quantitative estimate of drug-likeness (QED) is 0.698. The molecule has 0 fully saturated rings. The molecular weight excluding hydrogens is 302 g/mol. The number of benzene rings is 2. The van der Waals surface area contributed by atoms with Crippen LogP contribution in [-0.2, 0) is 6.54 Å². The second-order valence-corrected chi connectivity index (χ2v) is 5.80. The van der Waals surface area contributed by atoms with Gasteiger partial charge < -0.3 is 14.1 Å². The van der Waals surface area contributed by atoms with Crippen LogP contribution in [0, 0.1) is 6.92 Å². The number of furan rings is 1. The molecule has 4 heteroatoms. The van der Waals surface area contributed by atoms with E-state index in [4.69, 9.17) is 9.15 Å². The number of hydrogen-bond acceptors (Lipinski definition) is 3. The molecule has 0 atom stereocenters. The Balaban J connectivity index is 1.93. The number of carbonyl (C=O) groups is 1. The molecule has 1 amide bonds. The minimum Gasteiger partial charge on any atom is -0.493 e. The van der Waals surface area contributed by atoms with Crippen molar-refractivity contribution in [1.82, 2.24) is 4.90 Å². The van der Waals surface area contributed by atoms with Crippen LogP contribution >= 0.6 is 0 Å². The van der Waals surface area contributed by atoms with Crippen molar-refractivity contribution in [2.24, 2.45) is 0 Å². The second kappa shape index (κ2) is 6.79. The summed E-state index contributed by atoms with van der Waals surface area (Å²) in [7, 11) is 1.77. The molecule has 0 aliphatic carbocycles. The van der Waals surface area contributed by atoms with Gasteiger partial charge in [-0.15, -0.1) is 0 Å². The fourth-order valence-electron chi connectivity index (χ4n) is 2.74. The summed E-state index contributed by atoms with van der Waals surface area (Å²) in [6.07, 6.45) is 0. The van der Waals surface area contributed by atoms with E-state index >= 15 is 0 Å². The van der Waals surface area contributed by atoms with E-state index in [0.717, 1.165) is 22.3 Å². The Bertz CT molecular complexity index is 866. The van der Waals surface area contributed by atoms with Crippen LogP contribution in [0.3, 0.4) is 0 Å². The van der Waals surface area contributed by atoms with Crippen LogP contribution < -0.4 is 4.74 Å². The summed E-state index contributed by atoms with van der Waals surface area (Å²) in [6.45, 7) is 4.74. The molecule has 3 rings (SSSR count). The molecule has 1 heterocycles. The van der Waals surface area contributed by atoms with Crippen molar-refractivity contribution >= 4 is 16.7 Å². The van der Waals surface area contributed by atoms with Crippen LogP contribution in [0.25, 0.3) is 10.8 Å². The van der Waals surface area contributed by atoms with E-state index < -0.39 is 0 Å². The number of fused-ring (bicyclic) bond motifs is 1. The standard InChI is InChI=1S/C20H21NO3/c1-4-23-19-12-16-8-6-5-7-15(16)11-18(19)20(22)21(3)13-17-10-9-14(2)24-17/h5-12H,4,13H2,1-3H3. The van der Waals surface area contributed by atoms with E-state index in [0.29, 0.717) is 24.5 Å². The van der Waals surface area contributed by atoms with Gasteiger partial charge in [-0.05, 0) is 48.9 Å². The van der Waals surface area contributed by atoms with Crippen molar-refractivity contribution in [1.29, 1.82) is 0 Å². The lowest BCUT2D eigenvalue weighted by Crippen LogP contribution is -2.26. The molecule has 0 unspecified atom stereocenters. The molecule has 1 aromatic heterocycles. The van der Waals surface area contributed by atoms with E-state index in [1.165, 1.54) is 0 Å². The molecular formula is C20H21NO3. The van der Waals surface area contributed by atoms with Crippen LogP contribution in [-0.4, -0.2) is 24.5 Å². The first-order valence-corrected chi connectivity index (χ1v) is 8.05. The Labute approximate surface area is 141 Å². The third-order valence-corrected chi connectivity index (χ3v) is 3.91. The third kappa shape index (κ3) is 3.27. The summed E-state index contributed by atoms with van der Waals surface area (Å²) in [4.78, 5) is 14.5. The first-order chi connectivity index (χ1) is 11.6. The van der Waals surface area contributed by atoms with Crippen LogP contribution in [0.2, 0.25) is 0 Å². The molecule has 3 aromatic rings. The molecule has 2 aromatic carbocycles. The smallest absolute Gasteiger partial charge is 0.257 e. The Morgan fingerprint density at radius 2 is 1.83 bits per heavy atom. The summed E-state index contributed by atoms with van der Waals surface area (Å²) in [5.74, 6) is 2.13. The lowest BCUT2D eigenvalue weighted by Gasteiger charge is -2.18. The number of aryl methyl sites for hydroxylation is 1. The molecule has 4 nitrogen and oxygen atoms in total. The molecule has 0 spiro atoms. The van der Waals surface area contributed by atoms with Gasteiger partial charge in [-0.25, -0.2) is 0 Å². The fourth-order valence-corrected chi connectivity index (χ4v) is 2.74. The Kier molecular flexibility index (Phi) is 4.56. The Morgan fingerprint density at radius 1 is 1.12 bits per heavy atom. The summed E-state index contributed by atoms with van der Waals surface area (Å²) in [5.41, 5.74) is 0.571.